The van der Waals surface area contributed by atoms with Crippen molar-refractivity contribution in [1.29, 1.82) is 5.41 Å². The third kappa shape index (κ3) is 5.06. The van der Waals surface area contributed by atoms with Gasteiger partial charge < -0.3 is 25.2 Å². The number of amidine groups is 1. The van der Waals surface area contributed by atoms with Crippen molar-refractivity contribution in [1.82, 2.24) is 9.97 Å². The molecule has 0 saturated carbocycles. The Kier molecular flexibility index (Phi) is 6.67. The number of ether oxygens (including phenoxy) is 1. The third-order valence-electron chi connectivity index (χ3n) is 5.78. The van der Waals surface area contributed by atoms with Crippen LogP contribution in [0.25, 0.3) is 0 Å². The molecule has 4 rings (SSSR count). The maximum Gasteiger partial charge on any atom is 0.313 e. The highest BCUT2D eigenvalue weighted by Crippen LogP contribution is 2.26. The van der Waals surface area contributed by atoms with Gasteiger partial charge in [-0.25, -0.2) is 14.4 Å². The summed E-state index contributed by atoms with van der Waals surface area (Å²) in [5.74, 6) is -0.533. The van der Waals surface area contributed by atoms with Crippen LogP contribution < -0.4 is 20.4 Å². The van der Waals surface area contributed by atoms with E-state index in [1.165, 1.54) is 12.8 Å². The summed E-state index contributed by atoms with van der Waals surface area (Å²) in [5.41, 5.74) is 6.95. The maximum atomic E-state index is 15.0. The van der Waals surface area contributed by atoms with E-state index in [1.807, 2.05) is 17.3 Å². The zero-order valence-corrected chi connectivity index (χ0v) is 18.0. The highest BCUT2D eigenvalue weighted by atomic mass is 19.1. The van der Waals surface area contributed by atoms with Crippen molar-refractivity contribution in [2.45, 2.75) is 25.9 Å². The van der Waals surface area contributed by atoms with Crippen LogP contribution in [0, 0.1) is 11.2 Å². The molecule has 2 aliphatic heterocycles. The predicted octanol–water partition coefficient (Wildman–Crippen LogP) is 1.91. The Morgan fingerprint density at radius 3 is 2.34 bits per heavy atom. The van der Waals surface area contributed by atoms with Gasteiger partial charge in [0, 0.05) is 44.8 Å². The van der Waals surface area contributed by atoms with E-state index in [4.69, 9.17) is 15.9 Å². The molecule has 2 saturated heterocycles. The van der Waals surface area contributed by atoms with Gasteiger partial charge in [0.1, 0.15) is 18.9 Å². The number of carbonyl (C=O) groups excluding carboxylic acids is 1. The first kappa shape index (κ1) is 21.8. The topological polar surface area (TPSA) is 112 Å². The SMILES string of the molecule is N=C(N)CC(=O)OCc1cccc(N2CCN(c3cnc(N4CCCC4)nc3)CC2)c1F. The molecule has 32 heavy (non-hydrogen) atoms. The summed E-state index contributed by atoms with van der Waals surface area (Å²) in [6, 6.07) is 5.08. The Hall–Kier alpha value is -3.43. The van der Waals surface area contributed by atoms with Gasteiger partial charge in [0.05, 0.1) is 23.8 Å². The minimum absolute atomic E-state index is 0.188. The summed E-state index contributed by atoms with van der Waals surface area (Å²) in [6.07, 6.45) is 5.81. The van der Waals surface area contributed by atoms with E-state index < -0.39 is 11.8 Å². The molecule has 0 amide bonds. The van der Waals surface area contributed by atoms with Gasteiger partial charge in [-0.1, -0.05) is 12.1 Å². The van der Waals surface area contributed by atoms with Gasteiger partial charge in [0.15, 0.2) is 5.82 Å². The highest BCUT2D eigenvalue weighted by molar-refractivity contribution is 5.94. The number of benzene rings is 1. The molecule has 10 heteroatoms. The molecule has 3 N–H and O–H groups in total. The number of carbonyl (C=O) groups is 1. The number of aromatic nitrogens is 2. The van der Waals surface area contributed by atoms with Gasteiger partial charge in [-0.3, -0.25) is 10.2 Å². The zero-order chi connectivity index (χ0) is 22.5. The summed E-state index contributed by atoms with van der Waals surface area (Å²) in [5, 5.41) is 7.13. The number of piperazine rings is 1. The minimum atomic E-state index is -0.645. The molecular formula is C22H28FN7O2. The van der Waals surface area contributed by atoms with E-state index in [-0.39, 0.29) is 18.9 Å². The van der Waals surface area contributed by atoms with Crippen molar-refractivity contribution in [2.75, 3.05) is 54.0 Å². The highest BCUT2D eigenvalue weighted by Gasteiger charge is 2.22. The number of nitrogens with one attached hydrogen (secondary N) is 1. The Morgan fingerprint density at radius 2 is 1.69 bits per heavy atom. The molecule has 9 nitrogen and oxygen atoms in total. The second kappa shape index (κ2) is 9.80. The second-order valence-electron chi connectivity index (χ2n) is 8.02. The number of hydrogen-bond acceptors (Lipinski definition) is 8. The molecule has 1 aromatic heterocycles. The van der Waals surface area contributed by atoms with Crippen LogP contribution in [0.4, 0.5) is 21.7 Å². The molecular weight excluding hydrogens is 413 g/mol. The molecule has 0 unspecified atom stereocenters. The largest absolute Gasteiger partial charge is 0.460 e. The molecule has 170 valence electrons. The van der Waals surface area contributed by atoms with Crippen LogP contribution in [0.3, 0.4) is 0 Å². The average Bonchev–Trinajstić information content (AvgIpc) is 3.33. The molecule has 0 spiro atoms. The van der Waals surface area contributed by atoms with E-state index in [1.54, 1.807) is 18.2 Å². The van der Waals surface area contributed by atoms with Crippen LogP contribution in [-0.2, 0) is 16.1 Å². The number of anilines is 3. The first-order valence-electron chi connectivity index (χ1n) is 10.8. The van der Waals surface area contributed by atoms with E-state index in [9.17, 15) is 4.79 Å². The second-order valence-corrected chi connectivity index (χ2v) is 8.02. The smallest absolute Gasteiger partial charge is 0.313 e. The monoisotopic (exact) mass is 441 g/mol. The van der Waals surface area contributed by atoms with Crippen molar-refractivity contribution < 1.29 is 13.9 Å². The van der Waals surface area contributed by atoms with Crippen LogP contribution in [0.2, 0.25) is 0 Å². The van der Waals surface area contributed by atoms with Gasteiger partial charge in [-0.2, -0.15) is 0 Å². The lowest BCUT2D eigenvalue weighted by molar-refractivity contribution is -0.143. The lowest BCUT2D eigenvalue weighted by Crippen LogP contribution is -2.47. The van der Waals surface area contributed by atoms with Crippen molar-refractivity contribution in [3.8, 4) is 0 Å². The quantitative estimate of drug-likeness (QED) is 0.381. The van der Waals surface area contributed by atoms with Crippen LogP contribution in [0.5, 0.6) is 0 Å². The molecule has 2 aliphatic rings. The van der Waals surface area contributed by atoms with Crippen molar-refractivity contribution >= 4 is 29.1 Å². The van der Waals surface area contributed by atoms with Gasteiger partial charge in [-0.05, 0) is 18.9 Å². The van der Waals surface area contributed by atoms with Gasteiger partial charge >= 0.3 is 5.97 Å². The average molecular weight is 442 g/mol. The molecule has 2 fully saturated rings. The molecule has 0 bridgehead atoms. The Morgan fingerprint density at radius 1 is 1.03 bits per heavy atom. The molecule has 3 heterocycles. The normalized spacial score (nSPS) is 16.3. The first-order chi connectivity index (χ1) is 15.5. The van der Waals surface area contributed by atoms with E-state index in [2.05, 4.69) is 19.8 Å². The van der Waals surface area contributed by atoms with Gasteiger partial charge in [0.2, 0.25) is 5.95 Å². The molecule has 1 aromatic carbocycles. The minimum Gasteiger partial charge on any atom is -0.460 e. The fourth-order valence-corrected chi connectivity index (χ4v) is 4.05. The van der Waals surface area contributed by atoms with Crippen molar-refractivity contribution in [2.24, 2.45) is 5.73 Å². The molecule has 0 radical (unpaired) electrons. The Balaban J connectivity index is 1.34. The van der Waals surface area contributed by atoms with E-state index in [0.29, 0.717) is 24.3 Å². The predicted molar refractivity (Wildman–Crippen MR) is 121 cm³/mol. The van der Waals surface area contributed by atoms with E-state index >= 15 is 4.39 Å². The zero-order valence-electron chi connectivity index (χ0n) is 18.0. The summed E-state index contributed by atoms with van der Waals surface area (Å²) >= 11 is 0. The number of nitrogens with zero attached hydrogens (tertiary/aromatic N) is 5. The number of nitrogens with two attached hydrogens (primary N) is 1. The number of rotatable bonds is 7. The van der Waals surface area contributed by atoms with Gasteiger partial charge in [0.25, 0.3) is 0 Å². The standard InChI is InChI=1S/C22H28FN7O2/c23-21-16(15-32-20(31)12-19(24)25)4-3-5-18(21)29-10-8-28(9-11-29)17-13-26-22(27-14-17)30-6-1-2-7-30/h3-5,13-14H,1-2,6-12,15H2,(H3,24,25). The van der Waals surface area contributed by atoms with Crippen LogP contribution in [-0.4, -0.2) is 61.0 Å². The van der Waals surface area contributed by atoms with E-state index in [0.717, 1.165) is 37.8 Å². The molecule has 2 aromatic rings. The van der Waals surface area contributed by atoms with Crippen molar-refractivity contribution in [3.05, 3.63) is 42.0 Å². The molecule has 0 atom stereocenters. The summed E-state index contributed by atoms with van der Waals surface area (Å²) in [6.45, 7) is 4.59. The maximum absolute atomic E-state index is 15.0. The Bertz CT molecular complexity index is 955. The Labute approximate surface area is 186 Å². The lowest BCUT2D eigenvalue weighted by Gasteiger charge is -2.37. The summed E-state index contributed by atoms with van der Waals surface area (Å²) in [4.78, 5) is 27.1. The van der Waals surface area contributed by atoms with Crippen LogP contribution in [0.15, 0.2) is 30.6 Å². The third-order valence-corrected chi connectivity index (χ3v) is 5.78. The lowest BCUT2D eigenvalue weighted by atomic mass is 10.1. The summed E-state index contributed by atoms with van der Waals surface area (Å²) < 4.78 is 20.1. The van der Waals surface area contributed by atoms with Crippen LogP contribution in [0.1, 0.15) is 24.8 Å². The molecule has 0 aliphatic carbocycles. The fraction of sp³-hybridized carbons (Fsp3) is 0.455. The first-order valence-corrected chi connectivity index (χ1v) is 10.8. The fourth-order valence-electron chi connectivity index (χ4n) is 4.05. The van der Waals surface area contributed by atoms with Crippen molar-refractivity contribution in [3.63, 3.8) is 0 Å². The van der Waals surface area contributed by atoms with Crippen LogP contribution >= 0.6 is 0 Å². The summed E-state index contributed by atoms with van der Waals surface area (Å²) in [7, 11) is 0. The van der Waals surface area contributed by atoms with Gasteiger partial charge in [-0.15, -0.1) is 0 Å². The number of esters is 1. The number of hydrogen-bond donors (Lipinski definition) is 2. The number of halogens is 1.